The minimum Gasteiger partial charge on any atom is -0.354 e. The van der Waals surface area contributed by atoms with Crippen LogP contribution in [0.15, 0.2) is 29.2 Å². The predicted molar refractivity (Wildman–Crippen MR) is 101 cm³/mol. The molecule has 0 aromatic heterocycles. The fourth-order valence-electron chi connectivity index (χ4n) is 3.69. The first-order valence-corrected chi connectivity index (χ1v) is 10.3. The van der Waals surface area contributed by atoms with Crippen LogP contribution in [0.1, 0.15) is 32.6 Å². The van der Waals surface area contributed by atoms with Crippen LogP contribution in [0, 0.1) is 0 Å². The monoisotopic (exact) mass is 362 g/mol. The third-order valence-electron chi connectivity index (χ3n) is 5.19. The van der Waals surface area contributed by atoms with Gasteiger partial charge in [0.15, 0.2) is 0 Å². The second kappa shape index (κ2) is 8.72. The second-order valence-corrected chi connectivity index (χ2v) is 8.01. The number of para-hydroxylation sites is 1. The van der Waals surface area contributed by atoms with Crippen molar-refractivity contribution >= 4 is 29.3 Å². The number of nitrogens with one attached hydrogen (secondary N) is 2. The summed E-state index contributed by atoms with van der Waals surface area (Å²) in [4.78, 5) is 28.8. The third kappa shape index (κ3) is 4.76. The fraction of sp³-hybridized carbons (Fsp3) is 0.579. The number of carbonyl (C=O) groups is 2. The van der Waals surface area contributed by atoms with Gasteiger partial charge in [0.1, 0.15) is 6.54 Å². The Morgan fingerprint density at radius 2 is 2.20 bits per heavy atom. The molecule has 0 saturated carbocycles. The van der Waals surface area contributed by atoms with Gasteiger partial charge in [-0.25, -0.2) is 0 Å². The minimum absolute atomic E-state index is 0.00503. The second-order valence-electron chi connectivity index (χ2n) is 6.99. The number of anilines is 1. The summed E-state index contributed by atoms with van der Waals surface area (Å²) in [6, 6.07) is 8.52. The average molecular weight is 363 g/mol. The maximum absolute atomic E-state index is 12.3. The van der Waals surface area contributed by atoms with Gasteiger partial charge in [0.05, 0.1) is 30.6 Å². The summed E-state index contributed by atoms with van der Waals surface area (Å²) < 4.78 is 0. The minimum atomic E-state index is -0.0725. The van der Waals surface area contributed by atoms with E-state index in [1.54, 1.807) is 9.80 Å². The SMILES string of the molecule is C[C@H]1CCCC[NH+]1CCCNC(=O)CN1C(=O)CSc2ccccc21. The van der Waals surface area contributed by atoms with Crippen LogP contribution in [0.2, 0.25) is 0 Å². The fourth-order valence-corrected chi connectivity index (χ4v) is 4.63. The molecule has 1 fully saturated rings. The number of piperidine rings is 1. The van der Waals surface area contributed by atoms with Crippen molar-refractivity contribution in [2.24, 2.45) is 0 Å². The van der Waals surface area contributed by atoms with E-state index >= 15 is 0 Å². The molecule has 2 aliphatic heterocycles. The topological polar surface area (TPSA) is 53.9 Å². The van der Waals surface area contributed by atoms with Crippen molar-refractivity contribution in [1.82, 2.24) is 5.32 Å². The molecule has 1 unspecified atom stereocenters. The molecule has 25 heavy (non-hydrogen) atoms. The Hall–Kier alpha value is -1.53. The molecule has 5 nitrogen and oxygen atoms in total. The molecular weight excluding hydrogens is 334 g/mol. The number of nitrogens with zero attached hydrogens (tertiary/aromatic N) is 1. The Morgan fingerprint density at radius 3 is 3.04 bits per heavy atom. The lowest BCUT2D eigenvalue weighted by molar-refractivity contribution is -0.928. The first kappa shape index (κ1) is 18.3. The quantitative estimate of drug-likeness (QED) is 0.745. The van der Waals surface area contributed by atoms with E-state index in [9.17, 15) is 9.59 Å². The molecule has 2 N–H and O–H groups in total. The number of hydrogen-bond donors (Lipinski definition) is 2. The first-order valence-electron chi connectivity index (χ1n) is 9.28. The highest BCUT2D eigenvalue weighted by Gasteiger charge is 2.26. The van der Waals surface area contributed by atoms with Crippen LogP contribution in [-0.4, -0.2) is 49.8 Å². The standard InChI is InChI=1S/C19H27N3O2S/c1-15-7-4-5-11-21(15)12-6-10-20-18(23)13-22-16-8-2-3-9-17(16)25-14-19(22)24/h2-3,8-9,15H,4-7,10-14H2,1H3,(H,20,23)/p+1/t15-/m0/s1. The van der Waals surface area contributed by atoms with Crippen LogP contribution >= 0.6 is 11.8 Å². The number of amides is 2. The van der Waals surface area contributed by atoms with Crippen molar-refractivity contribution in [3.05, 3.63) is 24.3 Å². The molecule has 1 aromatic rings. The van der Waals surface area contributed by atoms with Gasteiger partial charge in [0.2, 0.25) is 11.8 Å². The highest BCUT2D eigenvalue weighted by Crippen LogP contribution is 2.34. The van der Waals surface area contributed by atoms with Crippen LogP contribution in [0.25, 0.3) is 0 Å². The number of hydrogen-bond acceptors (Lipinski definition) is 3. The summed E-state index contributed by atoms with van der Waals surface area (Å²) in [5.41, 5.74) is 0.852. The third-order valence-corrected chi connectivity index (χ3v) is 6.24. The van der Waals surface area contributed by atoms with E-state index < -0.39 is 0 Å². The number of thioether (sulfide) groups is 1. The molecular formula is C19H28N3O2S+. The average Bonchev–Trinajstić information content (AvgIpc) is 2.62. The number of rotatable bonds is 6. The Kier molecular flexibility index (Phi) is 6.37. The normalized spacial score (nSPS) is 23.2. The molecule has 3 rings (SSSR count). The van der Waals surface area contributed by atoms with Gasteiger partial charge < -0.3 is 15.1 Å². The van der Waals surface area contributed by atoms with Gasteiger partial charge in [-0.15, -0.1) is 11.8 Å². The van der Waals surface area contributed by atoms with Crippen LogP contribution in [0.4, 0.5) is 5.69 Å². The lowest BCUT2D eigenvalue weighted by Crippen LogP contribution is -3.16. The summed E-state index contributed by atoms with van der Waals surface area (Å²) in [7, 11) is 0. The molecule has 2 amide bonds. The molecule has 0 spiro atoms. The summed E-state index contributed by atoms with van der Waals surface area (Å²) in [5, 5.41) is 2.98. The van der Waals surface area contributed by atoms with Crippen molar-refractivity contribution in [3.63, 3.8) is 0 Å². The molecule has 2 atom stereocenters. The zero-order valence-corrected chi connectivity index (χ0v) is 15.7. The molecule has 0 bridgehead atoms. The Bertz CT molecular complexity index is 622. The van der Waals surface area contributed by atoms with Crippen molar-refractivity contribution < 1.29 is 14.5 Å². The van der Waals surface area contributed by atoms with E-state index in [4.69, 9.17) is 0 Å². The van der Waals surface area contributed by atoms with E-state index in [2.05, 4.69) is 12.2 Å². The van der Waals surface area contributed by atoms with Gasteiger partial charge in [-0.1, -0.05) is 12.1 Å². The molecule has 0 radical (unpaired) electrons. The number of likely N-dealkylation sites (tertiary alicyclic amines) is 1. The summed E-state index contributed by atoms with van der Waals surface area (Å²) >= 11 is 1.54. The smallest absolute Gasteiger partial charge is 0.240 e. The Labute approximate surface area is 154 Å². The van der Waals surface area contributed by atoms with E-state index in [1.807, 2.05) is 24.3 Å². The van der Waals surface area contributed by atoms with E-state index in [1.165, 1.54) is 37.6 Å². The van der Waals surface area contributed by atoms with Gasteiger partial charge >= 0.3 is 0 Å². The number of benzene rings is 1. The maximum Gasteiger partial charge on any atom is 0.240 e. The molecule has 1 saturated heterocycles. The van der Waals surface area contributed by atoms with Crippen molar-refractivity contribution in [1.29, 1.82) is 0 Å². The number of fused-ring (bicyclic) bond motifs is 1. The number of carbonyl (C=O) groups excluding carboxylic acids is 2. The predicted octanol–water partition coefficient (Wildman–Crippen LogP) is 1.09. The van der Waals surface area contributed by atoms with Crippen LogP contribution < -0.4 is 15.1 Å². The lowest BCUT2D eigenvalue weighted by atomic mass is 10.0. The van der Waals surface area contributed by atoms with E-state index in [0.717, 1.165) is 29.6 Å². The maximum atomic E-state index is 12.3. The Morgan fingerprint density at radius 1 is 1.36 bits per heavy atom. The molecule has 2 aliphatic rings. The number of quaternary nitrogens is 1. The first-order chi connectivity index (χ1) is 12.1. The Balaban J connectivity index is 1.44. The zero-order valence-electron chi connectivity index (χ0n) is 14.9. The molecule has 0 aliphatic carbocycles. The zero-order chi connectivity index (χ0) is 17.6. The van der Waals surface area contributed by atoms with Gasteiger partial charge in [0, 0.05) is 17.9 Å². The van der Waals surface area contributed by atoms with E-state index in [-0.39, 0.29) is 18.4 Å². The van der Waals surface area contributed by atoms with Crippen LogP contribution in [-0.2, 0) is 9.59 Å². The van der Waals surface area contributed by atoms with Gasteiger partial charge in [0.25, 0.3) is 0 Å². The highest BCUT2D eigenvalue weighted by molar-refractivity contribution is 8.00. The largest absolute Gasteiger partial charge is 0.354 e. The highest BCUT2D eigenvalue weighted by atomic mass is 32.2. The van der Waals surface area contributed by atoms with E-state index in [0.29, 0.717) is 12.3 Å². The van der Waals surface area contributed by atoms with Crippen molar-refractivity contribution in [2.45, 2.75) is 43.5 Å². The van der Waals surface area contributed by atoms with Gasteiger partial charge in [-0.05, 0) is 38.3 Å². The molecule has 6 heteroatoms. The van der Waals surface area contributed by atoms with Gasteiger partial charge in [-0.3, -0.25) is 9.59 Å². The van der Waals surface area contributed by atoms with Crippen LogP contribution in [0.5, 0.6) is 0 Å². The van der Waals surface area contributed by atoms with Crippen LogP contribution in [0.3, 0.4) is 0 Å². The van der Waals surface area contributed by atoms with Crippen molar-refractivity contribution in [2.75, 3.05) is 36.8 Å². The lowest BCUT2D eigenvalue weighted by Gasteiger charge is -2.30. The molecule has 2 heterocycles. The summed E-state index contributed by atoms with van der Waals surface area (Å²) in [5.74, 6) is 0.336. The summed E-state index contributed by atoms with van der Waals surface area (Å²) in [6.07, 6.45) is 4.98. The van der Waals surface area contributed by atoms with Gasteiger partial charge in [-0.2, -0.15) is 0 Å². The summed E-state index contributed by atoms with van der Waals surface area (Å²) in [6.45, 7) is 5.50. The molecule has 136 valence electrons. The molecule has 1 aromatic carbocycles. The van der Waals surface area contributed by atoms with Crippen molar-refractivity contribution in [3.8, 4) is 0 Å².